The summed E-state index contributed by atoms with van der Waals surface area (Å²) in [5.41, 5.74) is 0.853. The van der Waals surface area contributed by atoms with Crippen molar-refractivity contribution in [1.29, 1.82) is 0 Å². The third-order valence-corrected chi connectivity index (χ3v) is 7.00. The number of methoxy groups -OCH3 is 1. The van der Waals surface area contributed by atoms with Gasteiger partial charge in [-0.1, -0.05) is 6.92 Å². The van der Waals surface area contributed by atoms with Crippen molar-refractivity contribution in [2.24, 2.45) is 4.99 Å². The molecule has 0 atom stereocenters. The van der Waals surface area contributed by atoms with Crippen molar-refractivity contribution in [3.05, 3.63) is 104 Å². The van der Waals surface area contributed by atoms with Crippen LogP contribution in [-0.2, 0) is 30.8 Å². The zero-order chi connectivity index (χ0) is 30.3. The van der Waals surface area contributed by atoms with Crippen LogP contribution in [0, 0.1) is 0 Å². The molecule has 0 spiro atoms. The zero-order valence-corrected chi connectivity index (χ0v) is 23.9. The molecule has 1 aliphatic heterocycles. The predicted molar refractivity (Wildman–Crippen MR) is 158 cm³/mol. The van der Waals surface area contributed by atoms with E-state index >= 15 is 0 Å². The third-order valence-electron chi connectivity index (χ3n) is 7.00. The van der Waals surface area contributed by atoms with E-state index in [0.29, 0.717) is 54.5 Å². The Morgan fingerprint density at radius 2 is 1.84 bits per heavy atom. The summed E-state index contributed by atoms with van der Waals surface area (Å²) in [7, 11) is 1.58. The first-order chi connectivity index (χ1) is 20.9. The van der Waals surface area contributed by atoms with Crippen molar-refractivity contribution < 1.29 is 9.53 Å². The van der Waals surface area contributed by atoms with Gasteiger partial charge in [0.25, 0.3) is 17.0 Å². The quantitative estimate of drug-likeness (QED) is 0.223. The van der Waals surface area contributed by atoms with Crippen LogP contribution in [0.3, 0.4) is 0 Å². The van der Waals surface area contributed by atoms with E-state index in [1.165, 1.54) is 51.2 Å². The van der Waals surface area contributed by atoms with E-state index in [1.807, 2.05) is 6.92 Å². The number of hydrogen-bond donors (Lipinski definition) is 0. The molecule has 4 aromatic heterocycles. The molecule has 0 fully saturated rings. The first-order valence-electron chi connectivity index (χ1n) is 13.9. The van der Waals surface area contributed by atoms with Crippen LogP contribution in [0.15, 0.2) is 74.9 Å². The largest absolute Gasteiger partial charge is 0.385 e. The molecular formula is C29H31N9O5. The first-order valence-corrected chi connectivity index (χ1v) is 13.9. The number of nitrogens with zero attached hydrogens (tertiary/aromatic N) is 9. The second-order valence-electron chi connectivity index (χ2n) is 9.84. The molecule has 5 rings (SSSR count). The van der Waals surface area contributed by atoms with Crippen LogP contribution in [0.2, 0.25) is 0 Å². The van der Waals surface area contributed by atoms with Gasteiger partial charge in [-0.05, 0) is 25.0 Å². The Morgan fingerprint density at radius 3 is 2.53 bits per heavy atom. The summed E-state index contributed by atoms with van der Waals surface area (Å²) >= 11 is 0. The van der Waals surface area contributed by atoms with Crippen LogP contribution < -0.4 is 21.7 Å². The molecular weight excluding hydrogens is 554 g/mol. The van der Waals surface area contributed by atoms with Gasteiger partial charge in [-0.25, -0.2) is 24.7 Å². The summed E-state index contributed by atoms with van der Waals surface area (Å²) in [4.78, 5) is 74.9. The van der Waals surface area contributed by atoms with Crippen LogP contribution in [0.5, 0.6) is 0 Å². The molecule has 0 bridgehead atoms. The molecule has 0 N–H and O–H groups in total. The van der Waals surface area contributed by atoms with Gasteiger partial charge in [0, 0.05) is 82.7 Å². The van der Waals surface area contributed by atoms with Crippen LogP contribution >= 0.6 is 0 Å². The summed E-state index contributed by atoms with van der Waals surface area (Å²) in [6, 6.07) is 4.78. The molecule has 0 aliphatic carbocycles. The van der Waals surface area contributed by atoms with E-state index < -0.39 is 5.91 Å². The van der Waals surface area contributed by atoms with E-state index in [4.69, 9.17) is 9.73 Å². The Bertz CT molecular complexity index is 1810. The number of amides is 1. The number of rotatable bonds is 12. The number of pyridine rings is 1. The minimum absolute atomic E-state index is 0.117. The van der Waals surface area contributed by atoms with Crippen molar-refractivity contribution >= 4 is 23.3 Å². The number of fused-ring (bicyclic) bond motifs is 1. The number of carbonyl (C=O) groups excluding carboxylic acids is 1. The second-order valence-corrected chi connectivity index (χ2v) is 9.84. The van der Waals surface area contributed by atoms with E-state index in [2.05, 4.69) is 19.9 Å². The topological polar surface area (TPSA) is 159 Å². The van der Waals surface area contributed by atoms with Gasteiger partial charge in [-0.2, -0.15) is 0 Å². The Kier molecular flexibility index (Phi) is 9.05. The zero-order valence-electron chi connectivity index (χ0n) is 23.9. The monoisotopic (exact) mass is 585 g/mol. The molecule has 4 aromatic rings. The molecule has 0 aromatic carbocycles. The van der Waals surface area contributed by atoms with Gasteiger partial charge < -0.3 is 4.74 Å². The summed E-state index contributed by atoms with van der Waals surface area (Å²) in [5, 5.41) is 0. The molecule has 0 unspecified atom stereocenters. The van der Waals surface area contributed by atoms with Gasteiger partial charge in [0.1, 0.15) is 17.3 Å². The summed E-state index contributed by atoms with van der Waals surface area (Å²) in [6.45, 7) is 3.38. The van der Waals surface area contributed by atoms with Gasteiger partial charge in [-0.3, -0.25) is 38.0 Å². The van der Waals surface area contributed by atoms with Crippen molar-refractivity contribution in [2.45, 2.75) is 45.8 Å². The van der Waals surface area contributed by atoms with Gasteiger partial charge >= 0.3 is 5.69 Å². The number of hydrogen-bond acceptors (Lipinski definition) is 10. The first kappa shape index (κ1) is 29.4. The Balaban J connectivity index is 1.44. The maximum Gasteiger partial charge on any atom is 0.332 e. The van der Waals surface area contributed by atoms with Crippen molar-refractivity contribution in [1.82, 2.24) is 33.6 Å². The minimum atomic E-state index is -0.437. The van der Waals surface area contributed by atoms with Crippen LogP contribution in [-0.4, -0.2) is 65.5 Å². The lowest BCUT2D eigenvalue weighted by Crippen LogP contribution is -2.41. The molecule has 1 amide bonds. The predicted octanol–water partition coefficient (Wildman–Crippen LogP) is 1.22. The molecule has 0 saturated heterocycles. The second kappa shape index (κ2) is 13.2. The van der Waals surface area contributed by atoms with Gasteiger partial charge in [-0.15, -0.1) is 0 Å². The lowest BCUT2D eigenvalue weighted by molar-refractivity contribution is 0.0980. The van der Waals surface area contributed by atoms with Gasteiger partial charge in [0.15, 0.2) is 0 Å². The van der Waals surface area contributed by atoms with E-state index in [-0.39, 0.29) is 48.6 Å². The number of ether oxygens (including phenoxy) is 1. The average molecular weight is 586 g/mol. The lowest BCUT2D eigenvalue weighted by atomic mass is 10.1. The highest BCUT2D eigenvalue weighted by Gasteiger charge is 2.27. The van der Waals surface area contributed by atoms with E-state index in [0.717, 1.165) is 0 Å². The van der Waals surface area contributed by atoms with Crippen molar-refractivity contribution in [3.8, 4) is 0 Å². The smallest absolute Gasteiger partial charge is 0.332 e. The summed E-state index contributed by atoms with van der Waals surface area (Å²) in [6.07, 6.45) is 10.1. The summed E-state index contributed by atoms with van der Waals surface area (Å²) in [5.74, 6) is 0.268. The van der Waals surface area contributed by atoms with E-state index in [1.54, 1.807) is 30.0 Å². The fourth-order valence-corrected chi connectivity index (χ4v) is 4.86. The highest BCUT2D eigenvalue weighted by atomic mass is 16.5. The normalized spacial score (nSPS) is 12.2. The number of aromatic nitrogens is 7. The third kappa shape index (κ3) is 6.23. The molecule has 14 heteroatoms. The Labute approximate surface area is 246 Å². The fourth-order valence-electron chi connectivity index (χ4n) is 4.86. The SMILES string of the molecule is CCCn1c2c(c(=O)n(CCCOC)c1=O)CC(c1ccc(N(CCn3cnccc3=O)C(=O)c3cnccn3)nc1)=N2. The van der Waals surface area contributed by atoms with Crippen LogP contribution in [0.25, 0.3) is 0 Å². The van der Waals surface area contributed by atoms with Crippen LogP contribution in [0.1, 0.15) is 41.4 Å². The molecule has 0 radical (unpaired) electrons. The standard InChI is InChI=1S/C29H31N9O5/c1-3-11-37-26-21(27(40)38(29(37)42)12-4-15-43-2)16-22(34-26)20-5-6-24(33-17-20)36(28(41)23-18-30-9-10-32-23)14-13-35-19-31-8-7-25(35)39/h5-10,17-19H,3-4,11-16H2,1-2H3. The van der Waals surface area contributed by atoms with Crippen molar-refractivity contribution in [2.75, 3.05) is 25.2 Å². The van der Waals surface area contributed by atoms with Crippen LogP contribution in [0.4, 0.5) is 11.6 Å². The minimum Gasteiger partial charge on any atom is -0.385 e. The maximum atomic E-state index is 13.4. The molecule has 222 valence electrons. The van der Waals surface area contributed by atoms with E-state index in [9.17, 15) is 19.2 Å². The average Bonchev–Trinajstić information content (AvgIpc) is 3.48. The van der Waals surface area contributed by atoms with Gasteiger partial charge in [0.05, 0.1) is 23.8 Å². The Morgan fingerprint density at radius 1 is 0.977 bits per heavy atom. The molecule has 14 nitrogen and oxygen atoms in total. The van der Waals surface area contributed by atoms with Crippen molar-refractivity contribution in [3.63, 3.8) is 0 Å². The number of aliphatic imine (C=N–C) groups is 1. The molecule has 1 aliphatic rings. The molecule has 0 saturated carbocycles. The highest BCUT2D eigenvalue weighted by Crippen LogP contribution is 2.26. The number of carbonyl (C=O) groups is 1. The lowest BCUT2D eigenvalue weighted by Gasteiger charge is -2.22. The fraction of sp³-hybridized carbons (Fsp3) is 0.345. The Hall–Kier alpha value is -5.11. The summed E-state index contributed by atoms with van der Waals surface area (Å²) < 4.78 is 9.31. The number of anilines is 1. The molecule has 43 heavy (non-hydrogen) atoms. The highest BCUT2D eigenvalue weighted by molar-refractivity contribution is 6.07. The maximum absolute atomic E-state index is 13.4. The van der Waals surface area contributed by atoms with Gasteiger partial charge in [0.2, 0.25) is 0 Å². The molecule has 5 heterocycles.